The van der Waals surface area contributed by atoms with Gasteiger partial charge in [-0.3, -0.25) is 18.9 Å². The summed E-state index contributed by atoms with van der Waals surface area (Å²) in [5, 5.41) is 30.5. The van der Waals surface area contributed by atoms with Gasteiger partial charge in [-0.1, -0.05) is 18.2 Å². The van der Waals surface area contributed by atoms with Gasteiger partial charge in [0.05, 0.1) is 6.61 Å². The third kappa shape index (κ3) is 8.27. The van der Waals surface area contributed by atoms with Crippen molar-refractivity contribution in [2.24, 2.45) is 0 Å². The summed E-state index contributed by atoms with van der Waals surface area (Å²) >= 11 is 0. The minimum absolute atomic E-state index is 0.152. The van der Waals surface area contributed by atoms with E-state index in [0.29, 0.717) is 0 Å². The lowest BCUT2D eigenvalue weighted by molar-refractivity contribution is -0.142. The highest BCUT2D eigenvalue weighted by Gasteiger charge is 2.31. The van der Waals surface area contributed by atoms with Crippen LogP contribution in [0, 0.1) is 0 Å². The molecule has 0 aliphatic carbocycles. The molecule has 0 saturated carbocycles. The molecule has 13 heteroatoms. The Balaban J connectivity index is 2.70. The second-order valence-electron chi connectivity index (χ2n) is 5.50. The quantitative estimate of drug-likeness (QED) is 0.248. The molecule has 0 bridgehead atoms. The van der Waals surface area contributed by atoms with Gasteiger partial charge >= 0.3 is 25.7 Å². The lowest BCUT2D eigenvalue weighted by Crippen LogP contribution is -2.44. The van der Waals surface area contributed by atoms with E-state index in [0.717, 1.165) is 0 Å². The maximum atomic E-state index is 12.0. The molecule has 0 saturated heterocycles. The first-order valence-electron chi connectivity index (χ1n) is 7.80. The number of amides is 1. The number of carboxylic acid groups (broad SMARTS) is 3. The molecule has 0 spiro atoms. The van der Waals surface area contributed by atoms with Gasteiger partial charge in [0.15, 0.2) is 6.04 Å². The SMILES string of the molecule is O=C(O)CC[C@H](NP(=O)(O)OC[C@@H](NC(=O)c1ccccc1)C(=O)O)C(=O)O. The Morgan fingerprint density at radius 3 is 2.07 bits per heavy atom. The Kier molecular flexibility index (Phi) is 8.74. The van der Waals surface area contributed by atoms with E-state index in [2.05, 4.69) is 9.84 Å². The number of rotatable bonds is 12. The van der Waals surface area contributed by atoms with E-state index in [-0.39, 0.29) is 5.56 Å². The van der Waals surface area contributed by atoms with E-state index >= 15 is 0 Å². The first-order valence-corrected chi connectivity index (χ1v) is 9.38. The fourth-order valence-corrected chi connectivity index (χ4v) is 2.99. The highest BCUT2D eigenvalue weighted by atomic mass is 31.2. The van der Waals surface area contributed by atoms with Gasteiger partial charge in [0.2, 0.25) is 0 Å². The molecule has 0 aliphatic heterocycles. The van der Waals surface area contributed by atoms with E-state index < -0.39 is 63.1 Å². The molecule has 154 valence electrons. The largest absolute Gasteiger partial charge is 0.481 e. The van der Waals surface area contributed by atoms with Gasteiger partial charge in [-0.2, -0.15) is 0 Å². The van der Waals surface area contributed by atoms with Crippen LogP contribution in [0.25, 0.3) is 0 Å². The fraction of sp³-hybridized carbons (Fsp3) is 0.333. The van der Waals surface area contributed by atoms with Gasteiger partial charge in [-0.25, -0.2) is 14.4 Å². The highest BCUT2D eigenvalue weighted by molar-refractivity contribution is 7.50. The van der Waals surface area contributed by atoms with Crippen molar-refractivity contribution in [2.45, 2.75) is 24.9 Å². The number of hydrogen-bond acceptors (Lipinski definition) is 6. The Labute approximate surface area is 158 Å². The van der Waals surface area contributed by atoms with Crippen LogP contribution in [-0.2, 0) is 23.5 Å². The van der Waals surface area contributed by atoms with Gasteiger partial charge in [-0.05, 0) is 18.6 Å². The van der Waals surface area contributed by atoms with Crippen molar-refractivity contribution in [2.75, 3.05) is 6.61 Å². The van der Waals surface area contributed by atoms with Crippen molar-refractivity contribution in [3.63, 3.8) is 0 Å². The van der Waals surface area contributed by atoms with E-state index in [1.54, 1.807) is 23.3 Å². The molecule has 1 aromatic carbocycles. The molecule has 1 amide bonds. The standard InChI is InChI=1S/C15H19N2O10P/c18-12(19)7-6-10(14(21)22)17-28(25,26)27-8-11(15(23)24)16-13(20)9-4-2-1-3-5-9/h1-5,10-11H,6-8H2,(H,16,20)(H,18,19)(H,21,22)(H,23,24)(H2,17,25,26)/t10-,11+/m0/s1. The van der Waals surface area contributed by atoms with Crippen molar-refractivity contribution < 1.29 is 48.5 Å². The third-order valence-electron chi connectivity index (χ3n) is 3.32. The molecule has 0 radical (unpaired) electrons. The smallest absolute Gasteiger partial charge is 0.403 e. The predicted octanol–water partition coefficient (Wildman–Crippen LogP) is -0.106. The van der Waals surface area contributed by atoms with Crippen molar-refractivity contribution in [1.29, 1.82) is 0 Å². The van der Waals surface area contributed by atoms with Crippen molar-refractivity contribution in [3.05, 3.63) is 35.9 Å². The van der Waals surface area contributed by atoms with Gasteiger partial charge in [-0.15, -0.1) is 0 Å². The molecule has 0 aromatic heterocycles. The van der Waals surface area contributed by atoms with Gasteiger partial charge in [0, 0.05) is 12.0 Å². The third-order valence-corrected chi connectivity index (χ3v) is 4.46. The number of carboxylic acids is 3. The van der Waals surface area contributed by atoms with Gasteiger partial charge in [0.1, 0.15) is 6.04 Å². The second kappa shape index (κ2) is 10.5. The van der Waals surface area contributed by atoms with Crippen LogP contribution in [0.4, 0.5) is 0 Å². The van der Waals surface area contributed by atoms with Crippen molar-refractivity contribution in [3.8, 4) is 0 Å². The average molecular weight is 418 g/mol. The summed E-state index contributed by atoms with van der Waals surface area (Å²) in [6.07, 6.45) is -1.10. The second-order valence-corrected chi connectivity index (χ2v) is 7.06. The van der Waals surface area contributed by atoms with Crippen molar-refractivity contribution in [1.82, 2.24) is 10.4 Å². The fourth-order valence-electron chi connectivity index (χ4n) is 1.93. The van der Waals surface area contributed by atoms with E-state index in [1.165, 1.54) is 12.1 Å². The number of hydrogen-bond donors (Lipinski definition) is 6. The Morgan fingerprint density at radius 1 is 1.00 bits per heavy atom. The lowest BCUT2D eigenvalue weighted by atomic mass is 10.2. The van der Waals surface area contributed by atoms with Crippen LogP contribution in [0.5, 0.6) is 0 Å². The molecule has 0 fully saturated rings. The van der Waals surface area contributed by atoms with Gasteiger partial charge in [0.25, 0.3) is 5.91 Å². The Bertz CT molecular complexity index is 769. The Morgan fingerprint density at radius 2 is 1.57 bits per heavy atom. The normalized spacial score (nSPS) is 15.0. The first kappa shape index (κ1) is 23.2. The first-order chi connectivity index (χ1) is 13.0. The molecule has 12 nitrogen and oxygen atoms in total. The van der Waals surface area contributed by atoms with Gasteiger partial charge < -0.3 is 25.5 Å². The van der Waals surface area contributed by atoms with Crippen LogP contribution >= 0.6 is 7.75 Å². The van der Waals surface area contributed by atoms with Crippen LogP contribution in [0.2, 0.25) is 0 Å². The zero-order valence-electron chi connectivity index (χ0n) is 14.3. The summed E-state index contributed by atoms with van der Waals surface area (Å²) in [4.78, 5) is 54.5. The maximum absolute atomic E-state index is 12.0. The minimum Gasteiger partial charge on any atom is -0.481 e. The van der Waals surface area contributed by atoms with E-state index in [1.807, 2.05) is 0 Å². The minimum atomic E-state index is -4.81. The number of carbonyl (C=O) groups excluding carboxylic acids is 1. The van der Waals surface area contributed by atoms with Crippen LogP contribution < -0.4 is 10.4 Å². The molecule has 1 unspecified atom stereocenters. The van der Waals surface area contributed by atoms with E-state index in [9.17, 15) is 28.6 Å². The van der Waals surface area contributed by atoms with Crippen LogP contribution in [0.1, 0.15) is 23.2 Å². The zero-order chi connectivity index (χ0) is 21.3. The van der Waals surface area contributed by atoms with Crippen LogP contribution in [0.3, 0.4) is 0 Å². The number of benzene rings is 1. The molecular weight excluding hydrogens is 399 g/mol. The number of nitrogens with one attached hydrogen (secondary N) is 2. The van der Waals surface area contributed by atoms with Crippen molar-refractivity contribution >= 4 is 31.6 Å². The summed E-state index contributed by atoms with van der Waals surface area (Å²) in [7, 11) is -4.81. The van der Waals surface area contributed by atoms with E-state index in [4.69, 9.17) is 15.3 Å². The predicted molar refractivity (Wildman–Crippen MR) is 92.5 cm³/mol. The molecular formula is C15H19N2O10P. The summed E-state index contributed by atoms with van der Waals surface area (Å²) in [6.45, 7) is -0.944. The average Bonchev–Trinajstić information content (AvgIpc) is 2.62. The highest BCUT2D eigenvalue weighted by Crippen LogP contribution is 2.38. The molecule has 0 aliphatic rings. The monoisotopic (exact) mass is 418 g/mol. The number of aliphatic carboxylic acids is 3. The topological polar surface area (TPSA) is 200 Å². The summed E-state index contributed by atoms with van der Waals surface area (Å²) in [5.41, 5.74) is 0.152. The summed E-state index contributed by atoms with van der Waals surface area (Å²) in [6, 6.07) is 4.19. The summed E-state index contributed by atoms with van der Waals surface area (Å²) in [5.74, 6) is -5.21. The molecule has 1 rings (SSSR count). The molecule has 6 N–H and O–H groups in total. The zero-order valence-corrected chi connectivity index (χ0v) is 15.2. The summed E-state index contributed by atoms with van der Waals surface area (Å²) < 4.78 is 16.5. The molecule has 3 atom stereocenters. The molecule has 0 heterocycles. The maximum Gasteiger partial charge on any atom is 0.403 e. The lowest BCUT2D eigenvalue weighted by Gasteiger charge is -2.20. The van der Waals surface area contributed by atoms with Crippen LogP contribution in [0.15, 0.2) is 30.3 Å². The molecule has 1 aromatic rings. The molecule has 28 heavy (non-hydrogen) atoms. The number of carbonyl (C=O) groups is 4. The Hall–Kier alpha value is -2.79. The van der Waals surface area contributed by atoms with Crippen LogP contribution in [-0.4, -0.2) is 62.7 Å².